The quantitative estimate of drug-likeness (QED) is 0.827. The minimum absolute atomic E-state index is 0.310. The number of rotatable bonds is 3. The van der Waals surface area contributed by atoms with Gasteiger partial charge in [-0.25, -0.2) is 0 Å². The van der Waals surface area contributed by atoms with Crippen LogP contribution in [-0.2, 0) is 0 Å². The number of nitrogens with one attached hydrogen (secondary N) is 1. The Bertz CT molecular complexity index is 662. The number of carbonyl (C=O) groups excluding carboxylic acids is 1. The number of halogens is 2. The standard InChI is InChI=1S/C13H11Br2N3O2/c1-20-12-5-11(8(14)4-9(12)15)18-13(19)7-2-3-17-6-10(7)16/h2-6H,16H2,1H3,(H,18,19). The van der Waals surface area contributed by atoms with Crippen LogP contribution < -0.4 is 15.8 Å². The Hall–Kier alpha value is -1.60. The molecule has 0 fully saturated rings. The lowest BCUT2D eigenvalue weighted by Gasteiger charge is -2.11. The zero-order valence-electron chi connectivity index (χ0n) is 10.5. The number of nitrogen functional groups attached to an aromatic ring is 1. The van der Waals surface area contributed by atoms with Gasteiger partial charge in [-0.1, -0.05) is 0 Å². The summed E-state index contributed by atoms with van der Waals surface area (Å²) in [4.78, 5) is 16.0. The van der Waals surface area contributed by atoms with Crippen LogP contribution in [0.15, 0.2) is 39.5 Å². The van der Waals surface area contributed by atoms with Gasteiger partial charge in [-0.3, -0.25) is 9.78 Å². The Morgan fingerprint density at radius 1 is 1.35 bits per heavy atom. The average molecular weight is 401 g/mol. The number of hydrogen-bond donors (Lipinski definition) is 2. The van der Waals surface area contributed by atoms with Crippen LogP contribution in [0.4, 0.5) is 11.4 Å². The van der Waals surface area contributed by atoms with E-state index in [1.54, 1.807) is 25.3 Å². The number of amides is 1. The lowest BCUT2D eigenvalue weighted by atomic mass is 10.2. The molecule has 0 atom stereocenters. The summed E-state index contributed by atoms with van der Waals surface area (Å²) in [5.41, 5.74) is 7.01. The highest BCUT2D eigenvalue weighted by Crippen LogP contribution is 2.34. The molecule has 5 nitrogen and oxygen atoms in total. The summed E-state index contributed by atoms with van der Waals surface area (Å²) in [6.07, 6.45) is 2.95. The summed E-state index contributed by atoms with van der Waals surface area (Å²) in [6.45, 7) is 0. The van der Waals surface area contributed by atoms with Gasteiger partial charge in [0.05, 0.1) is 34.7 Å². The summed E-state index contributed by atoms with van der Waals surface area (Å²) < 4.78 is 6.71. The summed E-state index contributed by atoms with van der Waals surface area (Å²) in [7, 11) is 1.56. The molecule has 104 valence electrons. The molecule has 0 saturated carbocycles. The Labute approximate surface area is 132 Å². The van der Waals surface area contributed by atoms with Crippen molar-refractivity contribution in [2.45, 2.75) is 0 Å². The van der Waals surface area contributed by atoms with Gasteiger partial charge in [0.1, 0.15) is 5.75 Å². The molecule has 1 heterocycles. The first-order valence-corrected chi connectivity index (χ1v) is 7.15. The molecule has 0 aliphatic carbocycles. The number of pyridine rings is 1. The van der Waals surface area contributed by atoms with E-state index in [9.17, 15) is 4.79 Å². The van der Waals surface area contributed by atoms with Crippen molar-refractivity contribution in [2.75, 3.05) is 18.2 Å². The highest BCUT2D eigenvalue weighted by atomic mass is 79.9. The minimum atomic E-state index is -0.310. The van der Waals surface area contributed by atoms with Gasteiger partial charge in [-0.15, -0.1) is 0 Å². The van der Waals surface area contributed by atoms with E-state index in [-0.39, 0.29) is 5.91 Å². The third kappa shape index (κ3) is 3.10. The monoisotopic (exact) mass is 399 g/mol. The maximum atomic E-state index is 12.2. The van der Waals surface area contributed by atoms with Crippen LogP contribution >= 0.6 is 31.9 Å². The fraction of sp³-hybridized carbons (Fsp3) is 0.0769. The topological polar surface area (TPSA) is 77.2 Å². The predicted octanol–water partition coefficient (Wildman–Crippen LogP) is 3.45. The number of nitrogens with zero attached hydrogens (tertiary/aromatic N) is 1. The van der Waals surface area contributed by atoms with Crippen LogP contribution in [-0.4, -0.2) is 18.0 Å². The van der Waals surface area contributed by atoms with Crippen LogP contribution in [0.1, 0.15) is 10.4 Å². The van der Waals surface area contributed by atoms with Crippen LogP contribution in [0.2, 0.25) is 0 Å². The maximum absolute atomic E-state index is 12.2. The fourth-order valence-corrected chi connectivity index (χ4v) is 2.84. The molecule has 20 heavy (non-hydrogen) atoms. The fourth-order valence-electron chi connectivity index (χ4n) is 1.58. The van der Waals surface area contributed by atoms with Crippen molar-refractivity contribution in [3.63, 3.8) is 0 Å². The number of methoxy groups -OCH3 is 1. The molecule has 3 N–H and O–H groups in total. The van der Waals surface area contributed by atoms with Crippen molar-refractivity contribution in [1.29, 1.82) is 0 Å². The number of ether oxygens (including phenoxy) is 1. The summed E-state index contributed by atoms with van der Waals surface area (Å²) in [5.74, 6) is 0.307. The number of nitrogens with two attached hydrogens (primary N) is 1. The van der Waals surface area contributed by atoms with Gasteiger partial charge in [0.25, 0.3) is 5.91 Å². The van der Waals surface area contributed by atoms with Gasteiger partial charge in [-0.05, 0) is 44.0 Å². The first-order chi connectivity index (χ1) is 9.52. The highest BCUT2D eigenvalue weighted by Gasteiger charge is 2.13. The predicted molar refractivity (Wildman–Crippen MR) is 85.0 cm³/mol. The van der Waals surface area contributed by atoms with E-state index in [4.69, 9.17) is 10.5 Å². The number of benzene rings is 1. The SMILES string of the molecule is COc1cc(NC(=O)c2ccncc2N)c(Br)cc1Br. The molecule has 1 aromatic heterocycles. The molecular formula is C13H11Br2N3O2. The minimum Gasteiger partial charge on any atom is -0.495 e. The van der Waals surface area contributed by atoms with Gasteiger partial charge in [-0.2, -0.15) is 0 Å². The second kappa shape index (κ2) is 6.23. The van der Waals surface area contributed by atoms with Crippen LogP contribution in [0.3, 0.4) is 0 Å². The largest absolute Gasteiger partial charge is 0.495 e. The maximum Gasteiger partial charge on any atom is 0.257 e. The number of anilines is 2. The van der Waals surface area contributed by atoms with Crippen molar-refractivity contribution in [3.05, 3.63) is 45.1 Å². The molecule has 7 heteroatoms. The van der Waals surface area contributed by atoms with E-state index >= 15 is 0 Å². The lowest BCUT2D eigenvalue weighted by Crippen LogP contribution is -2.14. The Balaban J connectivity index is 2.31. The van der Waals surface area contributed by atoms with E-state index in [0.29, 0.717) is 22.7 Å². The van der Waals surface area contributed by atoms with Gasteiger partial charge >= 0.3 is 0 Å². The molecule has 0 saturated heterocycles. The summed E-state index contributed by atoms with van der Waals surface area (Å²) in [6, 6.07) is 5.07. The number of aromatic nitrogens is 1. The number of carbonyl (C=O) groups is 1. The lowest BCUT2D eigenvalue weighted by molar-refractivity contribution is 0.102. The van der Waals surface area contributed by atoms with Crippen LogP contribution in [0, 0.1) is 0 Å². The van der Waals surface area contributed by atoms with Crippen molar-refractivity contribution < 1.29 is 9.53 Å². The van der Waals surface area contributed by atoms with Gasteiger partial charge in [0, 0.05) is 16.7 Å². The molecule has 0 radical (unpaired) electrons. The molecule has 0 bridgehead atoms. The second-order valence-electron chi connectivity index (χ2n) is 3.88. The van der Waals surface area contributed by atoms with Crippen molar-refractivity contribution in [2.24, 2.45) is 0 Å². The third-order valence-corrected chi connectivity index (χ3v) is 3.86. The molecule has 0 spiro atoms. The molecular weight excluding hydrogens is 390 g/mol. The first kappa shape index (κ1) is 14.8. The van der Waals surface area contributed by atoms with Crippen LogP contribution in [0.25, 0.3) is 0 Å². The Morgan fingerprint density at radius 3 is 2.75 bits per heavy atom. The first-order valence-electron chi connectivity index (χ1n) is 5.56. The van der Waals surface area contributed by atoms with E-state index in [2.05, 4.69) is 42.2 Å². The van der Waals surface area contributed by atoms with Crippen LogP contribution in [0.5, 0.6) is 5.75 Å². The molecule has 1 amide bonds. The van der Waals surface area contributed by atoms with E-state index in [1.807, 2.05) is 0 Å². The van der Waals surface area contributed by atoms with Crippen molar-refractivity contribution in [1.82, 2.24) is 4.98 Å². The van der Waals surface area contributed by atoms with E-state index in [0.717, 1.165) is 8.95 Å². The van der Waals surface area contributed by atoms with E-state index in [1.165, 1.54) is 12.4 Å². The zero-order valence-corrected chi connectivity index (χ0v) is 13.7. The summed E-state index contributed by atoms with van der Waals surface area (Å²) >= 11 is 6.75. The van der Waals surface area contributed by atoms with E-state index < -0.39 is 0 Å². The molecule has 1 aromatic carbocycles. The highest BCUT2D eigenvalue weighted by molar-refractivity contribution is 9.11. The molecule has 0 aliphatic heterocycles. The Morgan fingerprint density at radius 2 is 2.10 bits per heavy atom. The molecule has 2 aromatic rings. The van der Waals surface area contributed by atoms with Gasteiger partial charge in [0.15, 0.2) is 0 Å². The average Bonchev–Trinajstić information content (AvgIpc) is 2.42. The molecule has 2 rings (SSSR count). The van der Waals surface area contributed by atoms with Gasteiger partial charge in [0.2, 0.25) is 0 Å². The molecule has 0 aliphatic rings. The van der Waals surface area contributed by atoms with Gasteiger partial charge < -0.3 is 15.8 Å². The molecule has 0 unspecified atom stereocenters. The number of hydrogen-bond acceptors (Lipinski definition) is 4. The second-order valence-corrected chi connectivity index (χ2v) is 5.59. The summed E-state index contributed by atoms with van der Waals surface area (Å²) in [5, 5.41) is 2.77. The smallest absolute Gasteiger partial charge is 0.257 e. The normalized spacial score (nSPS) is 10.2. The zero-order chi connectivity index (χ0) is 14.7. The van der Waals surface area contributed by atoms with Crippen molar-refractivity contribution >= 4 is 49.1 Å². The third-order valence-electron chi connectivity index (χ3n) is 2.59. The van der Waals surface area contributed by atoms with Crippen molar-refractivity contribution in [3.8, 4) is 5.75 Å². The Kier molecular flexibility index (Phi) is 4.61.